The molecular weight excluding hydrogens is 306 g/mol. The molecule has 0 aliphatic heterocycles. The Labute approximate surface area is 146 Å². The topological polar surface area (TPSA) is 84.7 Å². The van der Waals surface area contributed by atoms with Crippen molar-refractivity contribution < 1.29 is 14.3 Å². The lowest BCUT2D eigenvalue weighted by molar-refractivity contribution is -0.121. The first-order chi connectivity index (χ1) is 10.9. The van der Waals surface area contributed by atoms with E-state index in [9.17, 15) is 9.59 Å². The van der Waals surface area contributed by atoms with E-state index in [1.807, 2.05) is 41.5 Å². The van der Waals surface area contributed by atoms with Gasteiger partial charge in [-0.3, -0.25) is 4.79 Å². The number of carbonyl (C=O) groups is 2. The van der Waals surface area contributed by atoms with Crippen molar-refractivity contribution in [3.63, 3.8) is 0 Å². The summed E-state index contributed by atoms with van der Waals surface area (Å²) in [6, 6.07) is -0.281. The second-order valence-corrected chi connectivity index (χ2v) is 8.72. The van der Waals surface area contributed by atoms with Crippen molar-refractivity contribution in [3.05, 3.63) is 0 Å². The third-order valence-electron chi connectivity index (χ3n) is 4.17. The molecule has 1 rings (SSSR count). The predicted molar refractivity (Wildman–Crippen MR) is 95.7 cm³/mol. The van der Waals surface area contributed by atoms with Crippen molar-refractivity contribution in [1.29, 1.82) is 0 Å². The van der Waals surface area contributed by atoms with Gasteiger partial charge in [0.15, 0.2) is 0 Å². The number of ether oxygens (including phenoxy) is 1. The second-order valence-electron chi connectivity index (χ2n) is 8.72. The van der Waals surface area contributed by atoms with Crippen LogP contribution in [-0.2, 0) is 9.53 Å². The molecule has 0 heterocycles. The lowest BCUT2D eigenvalue weighted by Gasteiger charge is -2.39. The third kappa shape index (κ3) is 7.07. The number of hydrogen-bond donors (Lipinski definition) is 2. The minimum Gasteiger partial charge on any atom is -0.444 e. The molecule has 6 heteroatoms. The molecule has 1 fully saturated rings. The van der Waals surface area contributed by atoms with Crippen molar-refractivity contribution in [2.24, 2.45) is 5.73 Å². The molecule has 1 aliphatic carbocycles. The van der Waals surface area contributed by atoms with Gasteiger partial charge in [-0.25, -0.2) is 4.79 Å². The third-order valence-corrected chi connectivity index (χ3v) is 4.17. The predicted octanol–water partition coefficient (Wildman–Crippen LogP) is 2.80. The van der Waals surface area contributed by atoms with Crippen molar-refractivity contribution in [2.75, 3.05) is 6.54 Å². The van der Waals surface area contributed by atoms with E-state index < -0.39 is 29.2 Å². The molecule has 6 nitrogen and oxygen atoms in total. The van der Waals surface area contributed by atoms with Crippen LogP contribution >= 0.6 is 0 Å². The minimum atomic E-state index is -0.584. The van der Waals surface area contributed by atoms with Crippen LogP contribution in [0.25, 0.3) is 0 Å². The monoisotopic (exact) mass is 341 g/mol. The standard InChI is InChI=1S/C18H35N3O3/c1-17(2,3)21(16(23)24-18(4,5)6)12-14(15(19)22)20-13-10-8-7-9-11-13/h13-14,20H,7-12H2,1-6H3,(H2,19,22). The molecule has 2 amide bonds. The summed E-state index contributed by atoms with van der Waals surface area (Å²) in [6.07, 6.45) is 5.24. The highest BCUT2D eigenvalue weighted by Crippen LogP contribution is 2.21. The number of primary amides is 1. The molecule has 0 saturated heterocycles. The van der Waals surface area contributed by atoms with Gasteiger partial charge in [0.2, 0.25) is 5.91 Å². The maximum atomic E-state index is 12.6. The molecule has 140 valence electrons. The molecule has 1 atom stereocenters. The average molecular weight is 341 g/mol. The highest BCUT2D eigenvalue weighted by Gasteiger charge is 2.34. The van der Waals surface area contributed by atoms with E-state index in [-0.39, 0.29) is 12.6 Å². The highest BCUT2D eigenvalue weighted by atomic mass is 16.6. The van der Waals surface area contributed by atoms with Gasteiger partial charge in [-0.1, -0.05) is 19.3 Å². The fourth-order valence-corrected chi connectivity index (χ4v) is 2.90. The van der Waals surface area contributed by atoms with Crippen molar-refractivity contribution >= 4 is 12.0 Å². The molecular formula is C18H35N3O3. The number of nitrogens with one attached hydrogen (secondary N) is 1. The smallest absolute Gasteiger partial charge is 0.410 e. The summed E-state index contributed by atoms with van der Waals surface area (Å²) in [7, 11) is 0. The number of nitrogens with two attached hydrogens (primary N) is 1. The molecule has 1 aliphatic rings. The SMILES string of the molecule is CC(C)(C)OC(=O)N(CC(NC1CCCCC1)C(N)=O)C(C)(C)C. The Bertz CT molecular complexity index is 432. The van der Waals surface area contributed by atoms with Gasteiger partial charge in [0, 0.05) is 18.1 Å². The zero-order valence-corrected chi connectivity index (χ0v) is 16.1. The van der Waals surface area contributed by atoms with Crippen LogP contribution in [0.1, 0.15) is 73.6 Å². The second kappa shape index (κ2) is 8.19. The van der Waals surface area contributed by atoms with Crippen molar-refractivity contribution in [3.8, 4) is 0 Å². The van der Waals surface area contributed by atoms with Gasteiger partial charge in [-0.15, -0.1) is 0 Å². The molecule has 1 saturated carbocycles. The summed E-state index contributed by atoms with van der Waals surface area (Å²) < 4.78 is 5.50. The summed E-state index contributed by atoms with van der Waals surface area (Å²) in [5.74, 6) is -0.432. The summed E-state index contributed by atoms with van der Waals surface area (Å²) in [6.45, 7) is 11.5. The summed E-state index contributed by atoms with van der Waals surface area (Å²) in [4.78, 5) is 26.1. The fourth-order valence-electron chi connectivity index (χ4n) is 2.90. The quantitative estimate of drug-likeness (QED) is 0.805. The molecule has 0 aromatic rings. The van der Waals surface area contributed by atoms with Gasteiger partial charge >= 0.3 is 6.09 Å². The Morgan fingerprint density at radius 2 is 1.67 bits per heavy atom. The largest absolute Gasteiger partial charge is 0.444 e. The van der Waals surface area contributed by atoms with E-state index in [1.54, 1.807) is 4.90 Å². The van der Waals surface area contributed by atoms with Crippen LogP contribution in [0.15, 0.2) is 0 Å². The Hall–Kier alpha value is -1.30. The Morgan fingerprint density at radius 1 is 1.12 bits per heavy atom. The van der Waals surface area contributed by atoms with Crippen LogP contribution in [0, 0.1) is 0 Å². The molecule has 24 heavy (non-hydrogen) atoms. The number of amides is 2. The molecule has 3 N–H and O–H groups in total. The first-order valence-corrected chi connectivity index (χ1v) is 8.96. The van der Waals surface area contributed by atoms with Crippen molar-refractivity contribution in [2.45, 2.75) is 96.9 Å². The summed E-state index contributed by atoms with van der Waals surface area (Å²) in [5, 5.41) is 3.35. The summed E-state index contributed by atoms with van der Waals surface area (Å²) >= 11 is 0. The average Bonchev–Trinajstić information content (AvgIpc) is 2.40. The van der Waals surface area contributed by atoms with Crippen LogP contribution < -0.4 is 11.1 Å². The van der Waals surface area contributed by atoms with Crippen LogP contribution in [0.5, 0.6) is 0 Å². The highest BCUT2D eigenvalue weighted by molar-refractivity contribution is 5.81. The van der Waals surface area contributed by atoms with E-state index in [2.05, 4.69) is 5.32 Å². The number of hydrogen-bond acceptors (Lipinski definition) is 4. The van der Waals surface area contributed by atoms with E-state index >= 15 is 0 Å². The van der Waals surface area contributed by atoms with Crippen LogP contribution in [0.4, 0.5) is 4.79 Å². The van der Waals surface area contributed by atoms with E-state index in [0.29, 0.717) is 0 Å². The number of nitrogens with zero attached hydrogens (tertiary/aromatic N) is 1. The first-order valence-electron chi connectivity index (χ1n) is 8.96. The van der Waals surface area contributed by atoms with Crippen molar-refractivity contribution in [1.82, 2.24) is 10.2 Å². The van der Waals surface area contributed by atoms with Gasteiger partial charge in [-0.05, 0) is 54.4 Å². The van der Waals surface area contributed by atoms with Crippen LogP contribution in [0.2, 0.25) is 0 Å². The molecule has 0 radical (unpaired) electrons. The van der Waals surface area contributed by atoms with Gasteiger partial charge in [0.25, 0.3) is 0 Å². The molecule has 0 aromatic carbocycles. The van der Waals surface area contributed by atoms with Crippen LogP contribution in [-0.4, -0.2) is 46.7 Å². The zero-order valence-electron chi connectivity index (χ0n) is 16.1. The lowest BCUT2D eigenvalue weighted by Crippen LogP contribution is -2.58. The van der Waals surface area contributed by atoms with E-state index in [1.165, 1.54) is 6.42 Å². The Morgan fingerprint density at radius 3 is 2.08 bits per heavy atom. The van der Waals surface area contributed by atoms with Gasteiger partial charge in [0.05, 0.1) is 0 Å². The maximum absolute atomic E-state index is 12.6. The Balaban J connectivity index is 2.83. The summed E-state index contributed by atoms with van der Waals surface area (Å²) in [5.41, 5.74) is 4.54. The van der Waals surface area contributed by atoms with Gasteiger partial charge < -0.3 is 20.7 Å². The molecule has 0 bridgehead atoms. The number of rotatable bonds is 5. The van der Waals surface area contributed by atoms with E-state index in [4.69, 9.17) is 10.5 Å². The lowest BCUT2D eigenvalue weighted by atomic mass is 9.94. The molecule has 0 aromatic heterocycles. The maximum Gasteiger partial charge on any atom is 0.410 e. The van der Waals surface area contributed by atoms with Crippen LogP contribution in [0.3, 0.4) is 0 Å². The van der Waals surface area contributed by atoms with E-state index in [0.717, 1.165) is 25.7 Å². The molecule has 1 unspecified atom stereocenters. The minimum absolute atomic E-state index is 0.213. The Kier molecular flexibility index (Phi) is 7.08. The number of carbonyl (C=O) groups excluding carboxylic acids is 2. The molecule has 0 spiro atoms. The normalized spacial score (nSPS) is 18.1. The van der Waals surface area contributed by atoms with Gasteiger partial charge in [0.1, 0.15) is 11.6 Å². The fraction of sp³-hybridized carbons (Fsp3) is 0.889. The zero-order chi connectivity index (χ0) is 18.5. The first kappa shape index (κ1) is 20.7. The van der Waals surface area contributed by atoms with Gasteiger partial charge in [-0.2, -0.15) is 0 Å².